The third-order valence-corrected chi connectivity index (χ3v) is 3.82. The lowest BCUT2D eigenvalue weighted by atomic mass is 10.1. The van der Waals surface area contributed by atoms with E-state index < -0.39 is 23.8 Å². The lowest BCUT2D eigenvalue weighted by Crippen LogP contribution is -2.30. The van der Waals surface area contributed by atoms with Crippen molar-refractivity contribution in [2.45, 2.75) is 19.4 Å². The second kappa shape index (κ2) is 8.13. The first-order valence-corrected chi connectivity index (χ1v) is 7.81. The summed E-state index contributed by atoms with van der Waals surface area (Å²) < 4.78 is 18.2. The fourth-order valence-corrected chi connectivity index (χ4v) is 2.29. The van der Waals surface area contributed by atoms with Crippen LogP contribution in [0, 0.1) is 5.82 Å². The van der Waals surface area contributed by atoms with Gasteiger partial charge in [-0.2, -0.15) is 0 Å². The largest absolute Gasteiger partial charge is 0.452 e. The van der Waals surface area contributed by atoms with Crippen LogP contribution in [0.3, 0.4) is 0 Å². The van der Waals surface area contributed by atoms with Crippen molar-refractivity contribution in [1.29, 1.82) is 0 Å². The zero-order valence-electron chi connectivity index (χ0n) is 12.7. The van der Waals surface area contributed by atoms with Crippen molar-refractivity contribution in [3.05, 3.63) is 63.9 Å². The molecule has 4 nitrogen and oxygen atoms in total. The Bertz CT molecular complexity index is 767. The van der Waals surface area contributed by atoms with Gasteiger partial charge in [0.05, 0.1) is 11.4 Å². The van der Waals surface area contributed by atoms with Gasteiger partial charge in [0.25, 0.3) is 5.91 Å². The molecule has 1 atom stereocenters. The molecule has 0 radical (unpaired) electrons. The average molecular weight is 370 g/mol. The van der Waals surface area contributed by atoms with Crippen LogP contribution in [0.1, 0.15) is 12.5 Å². The molecule has 0 bridgehead atoms. The van der Waals surface area contributed by atoms with E-state index in [2.05, 4.69) is 5.32 Å². The molecule has 0 heterocycles. The summed E-state index contributed by atoms with van der Waals surface area (Å²) in [6, 6.07) is 10.6. The van der Waals surface area contributed by atoms with Gasteiger partial charge in [0.2, 0.25) is 0 Å². The van der Waals surface area contributed by atoms with Crippen LogP contribution >= 0.6 is 23.2 Å². The van der Waals surface area contributed by atoms with Gasteiger partial charge in [-0.05, 0) is 36.8 Å². The standard InChI is InChI=1S/C17H14Cl2FNO3/c1-10(17(23)21-12-6-7-15(20)14(19)9-12)24-16(22)8-11-4-2-3-5-13(11)18/h2-7,9-10H,8H2,1H3,(H,21,23)/t10-/m0/s1. The van der Waals surface area contributed by atoms with Crippen molar-refractivity contribution in [1.82, 2.24) is 0 Å². The van der Waals surface area contributed by atoms with E-state index in [4.69, 9.17) is 27.9 Å². The van der Waals surface area contributed by atoms with Gasteiger partial charge < -0.3 is 10.1 Å². The third-order valence-electron chi connectivity index (χ3n) is 3.16. The summed E-state index contributed by atoms with van der Waals surface area (Å²) >= 11 is 11.6. The number of carbonyl (C=O) groups is 2. The monoisotopic (exact) mass is 369 g/mol. The molecule has 24 heavy (non-hydrogen) atoms. The van der Waals surface area contributed by atoms with E-state index in [1.807, 2.05) is 0 Å². The summed E-state index contributed by atoms with van der Waals surface area (Å²) in [7, 11) is 0. The highest BCUT2D eigenvalue weighted by Crippen LogP contribution is 2.20. The predicted molar refractivity (Wildman–Crippen MR) is 90.7 cm³/mol. The normalized spacial score (nSPS) is 11.7. The lowest BCUT2D eigenvalue weighted by Gasteiger charge is -2.14. The Morgan fingerprint density at radius 1 is 1.17 bits per heavy atom. The number of rotatable bonds is 5. The predicted octanol–water partition coefficient (Wildman–Crippen LogP) is 4.25. The molecule has 0 aromatic heterocycles. The Labute approximate surface area is 148 Å². The van der Waals surface area contributed by atoms with E-state index >= 15 is 0 Å². The van der Waals surface area contributed by atoms with Crippen LogP contribution in [0.15, 0.2) is 42.5 Å². The molecule has 0 spiro atoms. The Kier molecular flexibility index (Phi) is 6.17. The van der Waals surface area contributed by atoms with Crippen molar-refractivity contribution in [3.8, 4) is 0 Å². The van der Waals surface area contributed by atoms with Crippen LogP contribution in [-0.2, 0) is 20.7 Å². The minimum atomic E-state index is -1.02. The van der Waals surface area contributed by atoms with Crippen molar-refractivity contribution >= 4 is 40.8 Å². The Balaban J connectivity index is 1.92. The number of benzene rings is 2. The SMILES string of the molecule is C[C@H](OC(=O)Cc1ccccc1Cl)C(=O)Nc1ccc(F)c(Cl)c1. The number of amides is 1. The van der Waals surface area contributed by atoms with Gasteiger partial charge in [-0.25, -0.2) is 4.39 Å². The molecule has 0 aliphatic rings. The van der Waals surface area contributed by atoms with E-state index in [0.29, 0.717) is 16.3 Å². The number of esters is 1. The fourth-order valence-electron chi connectivity index (χ4n) is 1.91. The van der Waals surface area contributed by atoms with E-state index in [1.165, 1.54) is 19.1 Å². The molecule has 2 rings (SSSR count). The number of halogens is 3. The first-order chi connectivity index (χ1) is 11.4. The van der Waals surface area contributed by atoms with Gasteiger partial charge in [0, 0.05) is 10.7 Å². The molecule has 7 heteroatoms. The van der Waals surface area contributed by atoms with Crippen LogP contribution in [0.2, 0.25) is 10.0 Å². The molecular weight excluding hydrogens is 356 g/mol. The molecule has 0 fully saturated rings. The maximum Gasteiger partial charge on any atom is 0.311 e. The lowest BCUT2D eigenvalue weighted by molar-refractivity contribution is -0.152. The molecule has 2 aromatic carbocycles. The summed E-state index contributed by atoms with van der Waals surface area (Å²) in [5.41, 5.74) is 0.919. The summed E-state index contributed by atoms with van der Waals surface area (Å²) in [5.74, 6) is -1.72. The number of carbonyl (C=O) groups excluding carboxylic acids is 2. The van der Waals surface area contributed by atoms with Gasteiger partial charge >= 0.3 is 5.97 Å². The molecule has 126 valence electrons. The van der Waals surface area contributed by atoms with Gasteiger partial charge in [-0.15, -0.1) is 0 Å². The minimum Gasteiger partial charge on any atom is -0.452 e. The zero-order valence-corrected chi connectivity index (χ0v) is 14.2. The fraction of sp³-hybridized carbons (Fsp3) is 0.176. The third kappa shape index (κ3) is 4.94. The molecule has 0 saturated carbocycles. The van der Waals surface area contributed by atoms with Crippen molar-refractivity contribution in [3.63, 3.8) is 0 Å². The first kappa shape index (κ1) is 18.2. The van der Waals surface area contributed by atoms with Crippen LogP contribution in [0.4, 0.5) is 10.1 Å². The average Bonchev–Trinajstić information content (AvgIpc) is 2.53. The molecule has 1 N–H and O–H groups in total. The maximum atomic E-state index is 13.1. The number of hydrogen-bond donors (Lipinski definition) is 1. The van der Waals surface area contributed by atoms with E-state index in [1.54, 1.807) is 24.3 Å². The highest BCUT2D eigenvalue weighted by molar-refractivity contribution is 6.31. The van der Waals surface area contributed by atoms with E-state index in [9.17, 15) is 14.0 Å². The maximum absolute atomic E-state index is 13.1. The molecule has 1 amide bonds. The summed E-state index contributed by atoms with van der Waals surface area (Å²) in [5, 5.41) is 2.83. The van der Waals surface area contributed by atoms with E-state index in [0.717, 1.165) is 6.07 Å². The number of ether oxygens (including phenoxy) is 1. The van der Waals surface area contributed by atoms with Gasteiger partial charge in [-0.1, -0.05) is 41.4 Å². The topological polar surface area (TPSA) is 55.4 Å². The molecule has 0 aliphatic heterocycles. The smallest absolute Gasteiger partial charge is 0.311 e. The zero-order chi connectivity index (χ0) is 17.7. The molecule has 2 aromatic rings. The summed E-state index contributed by atoms with van der Waals surface area (Å²) in [6.07, 6.45) is -1.07. The number of hydrogen-bond acceptors (Lipinski definition) is 3. The highest BCUT2D eigenvalue weighted by atomic mass is 35.5. The van der Waals surface area contributed by atoms with Crippen LogP contribution in [-0.4, -0.2) is 18.0 Å². The highest BCUT2D eigenvalue weighted by Gasteiger charge is 2.19. The molecular formula is C17H14Cl2FNO3. The number of nitrogens with one attached hydrogen (secondary N) is 1. The summed E-state index contributed by atoms with van der Waals surface area (Å²) in [6.45, 7) is 1.44. The van der Waals surface area contributed by atoms with Crippen LogP contribution in [0.5, 0.6) is 0 Å². The van der Waals surface area contributed by atoms with Gasteiger partial charge in [0.15, 0.2) is 6.10 Å². The Morgan fingerprint density at radius 2 is 1.88 bits per heavy atom. The quantitative estimate of drug-likeness (QED) is 0.801. The van der Waals surface area contributed by atoms with Crippen molar-refractivity contribution in [2.24, 2.45) is 0 Å². The Morgan fingerprint density at radius 3 is 2.54 bits per heavy atom. The number of anilines is 1. The van der Waals surface area contributed by atoms with Crippen LogP contribution < -0.4 is 5.32 Å². The molecule has 0 aliphatic carbocycles. The van der Waals surface area contributed by atoms with Crippen molar-refractivity contribution < 1.29 is 18.7 Å². The Hall–Kier alpha value is -2.11. The molecule has 0 unspecified atom stereocenters. The second-order valence-corrected chi connectivity index (χ2v) is 5.83. The summed E-state index contributed by atoms with van der Waals surface area (Å²) in [4.78, 5) is 23.9. The minimum absolute atomic E-state index is 0.0420. The van der Waals surface area contributed by atoms with Crippen LogP contribution in [0.25, 0.3) is 0 Å². The molecule has 0 saturated heterocycles. The van der Waals surface area contributed by atoms with E-state index in [-0.39, 0.29) is 11.4 Å². The second-order valence-electron chi connectivity index (χ2n) is 5.02. The van der Waals surface area contributed by atoms with Gasteiger partial charge in [-0.3, -0.25) is 9.59 Å². The first-order valence-electron chi connectivity index (χ1n) is 7.05. The van der Waals surface area contributed by atoms with Gasteiger partial charge in [0.1, 0.15) is 5.82 Å². The van der Waals surface area contributed by atoms with Crippen molar-refractivity contribution in [2.75, 3.05) is 5.32 Å².